The van der Waals surface area contributed by atoms with Crippen molar-refractivity contribution in [3.05, 3.63) is 47.0 Å². The number of benzene rings is 2. The summed E-state index contributed by atoms with van der Waals surface area (Å²) in [6, 6.07) is 9.04. The highest BCUT2D eigenvalue weighted by atomic mass is 79.9. The van der Waals surface area contributed by atoms with Crippen LogP contribution in [0.1, 0.15) is 21.5 Å². The van der Waals surface area contributed by atoms with E-state index in [4.69, 9.17) is 0 Å². The topological polar surface area (TPSA) is 0 Å². The largest absolute Gasteiger partial charge is 0.405 e. The minimum Gasteiger partial charge on any atom is -0.169 e. The summed E-state index contributed by atoms with van der Waals surface area (Å²) in [6.07, 6.45) is -2.41. The van der Waals surface area contributed by atoms with Crippen LogP contribution in [0.4, 0.5) is 13.2 Å². The first-order chi connectivity index (χ1) is 8.48. The molecule has 0 saturated carbocycles. The molecule has 0 nitrogen and oxygen atoms in total. The highest BCUT2D eigenvalue weighted by molar-refractivity contribution is 9.09. The maximum absolute atomic E-state index is 12.8. The van der Waals surface area contributed by atoms with E-state index in [0.717, 1.165) is 34.7 Å². The SMILES string of the molecule is FC(F)(F)C(Br)c1ccc2c3c(cccc13)CC2. The van der Waals surface area contributed by atoms with Gasteiger partial charge in [0.1, 0.15) is 4.83 Å². The zero-order valence-corrected chi connectivity index (χ0v) is 11.0. The number of rotatable bonds is 1. The van der Waals surface area contributed by atoms with E-state index in [0.29, 0.717) is 5.56 Å². The maximum atomic E-state index is 12.8. The predicted octanol–water partition coefficient (Wildman–Crippen LogP) is 4.94. The van der Waals surface area contributed by atoms with Gasteiger partial charge in [-0.3, -0.25) is 0 Å². The molecule has 2 aromatic rings. The van der Waals surface area contributed by atoms with Crippen LogP contribution in [0.5, 0.6) is 0 Å². The van der Waals surface area contributed by atoms with Gasteiger partial charge in [-0.05, 0) is 40.3 Å². The third-order valence-electron chi connectivity index (χ3n) is 3.47. The molecule has 0 amide bonds. The van der Waals surface area contributed by atoms with Crippen LogP contribution in [0.15, 0.2) is 30.3 Å². The summed E-state index contributed by atoms with van der Waals surface area (Å²) in [7, 11) is 0. The lowest BCUT2D eigenvalue weighted by Gasteiger charge is -2.17. The second kappa shape index (κ2) is 3.98. The fourth-order valence-electron chi connectivity index (χ4n) is 2.67. The quantitative estimate of drug-likeness (QED) is 0.654. The minimum absolute atomic E-state index is 0.310. The highest BCUT2D eigenvalue weighted by Crippen LogP contribution is 2.44. The predicted molar refractivity (Wildman–Crippen MR) is 69.1 cm³/mol. The van der Waals surface area contributed by atoms with Crippen molar-refractivity contribution >= 4 is 26.7 Å². The molecule has 0 radical (unpaired) electrons. The molecule has 1 atom stereocenters. The first kappa shape index (κ1) is 12.0. The number of hydrogen-bond acceptors (Lipinski definition) is 0. The van der Waals surface area contributed by atoms with Crippen LogP contribution in [0.3, 0.4) is 0 Å². The summed E-state index contributed by atoms with van der Waals surface area (Å²) in [6.45, 7) is 0. The summed E-state index contributed by atoms with van der Waals surface area (Å²) in [5.74, 6) is 0. The Balaban J connectivity index is 2.27. The zero-order valence-electron chi connectivity index (χ0n) is 9.39. The molecule has 1 unspecified atom stereocenters. The lowest BCUT2D eigenvalue weighted by molar-refractivity contribution is -0.128. The Kier molecular flexibility index (Phi) is 2.66. The molecule has 0 heterocycles. The Morgan fingerprint density at radius 1 is 1.00 bits per heavy atom. The molecule has 0 saturated heterocycles. The molecule has 94 valence electrons. The van der Waals surface area contributed by atoms with E-state index < -0.39 is 11.0 Å². The molecule has 0 aliphatic heterocycles. The van der Waals surface area contributed by atoms with Crippen LogP contribution < -0.4 is 0 Å². The molecule has 18 heavy (non-hydrogen) atoms. The van der Waals surface area contributed by atoms with Gasteiger partial charge in [0, 0.05) is 0 Å². The van der Waals surface area contributed by atoms with Crippen molar-refractivity contribution in [2.75, 3.05) is 0 Å². The number of aryl methyl sites for hydroxylation is 2. The Bertz CT molecular complexity index is 606. The molecule has 0 N–H and O–H groups in total. The van der Waals surface area contributed by atoms with Gasteiger partial charge in [0.15, 0.2) is 0 Å². The van der Waals surface area contributed by atoms with Gasteiger partial charge in [-0.25, -0.2) is 0 Å². The van der Waals surface area contributed by atoms with Crippen molar-refractivity contribution in [2.24, 2.45) is 0 Å². The normalized spacial score (nSPS) is 16.2. The average molecular weight is 315 g/mol. The Morgan fingerprint density at radius 2 is 1.67 bits per heavy atom. The van der Waals surface area contributed by atoms with Crippen LogP contribution in [0.25, 0.3) is 10.8 Å². The summed E-state index contributed by atoms with van der Waals surface area (Å²) >= 11 is 2.77. The second-order valence-electron chi connectivity index (χ2n) is 4.56. The molecular formula is C14H10BrF3. The van der Waals surface area contributed by atoms with Gasteiger partial charge < -0.3 is 0 Å². The van der Waals surface area contributed by atoms with Crippen molar-refractivity contribution in [3.63, 3.8) is 0 Å². The van der Waals surface area contributed by atoms with Gasteiger partial charge in [0.2, 0.25) is 0 Å². The van der Waals surface area contributed by atoms with Crippen molar-refractivity contribution in [3.8, 4) is 0 Å². The minimum atomic E-state index is -4.27. The second-order valence-corrected chi connectivity index (χ2v) is 5.47. The third kappa shape index (κ3) is 1.74. The van der Waals surface area contributed by atoms with Crippen LogP contribution in [0.2, 0.25) is 0 Å². The van der Waals surface area contributed by atoms with E-state index in [1.807, 2.05) is 18.2 Å². The molecule has 2 aromatic carbocycles. The molecule has 3 rings (SSSR count). The van der Waals surface area contributed by atoms with Gasteiger partial charge in [-0.15, -0.1) is 0 Å². The van der Waals surface area contributed by atoms with Crippen molar-refractivity contribution in [1.29, 1.82) is 0 Å². The van der Waals surface area contributed by atoms with E-state index in [2.05, 4.69) is 15.9 Å². The van der Waals surface area contributed by atoms with Crippen molar-refractivity contribution in [1.82, 2.24) is 0 Å². The fraction of sp³-hybridized carbons (Fsp3) is 0.286. The first-order valence-corrected chi connectivity index (χ1v) is 6.64. The lowest BCUT2D eigenvalue weighted by Crippen LogP contribution is -2.15. The number of hydrogen-bond donors (Lipinski definition) is 0. The molecule has 1 aliphatic carbocycles. The molecule has 0 bridgehead atoms. The molecule has 0 aromatic heterocycles. The van der Waals surface area contributed by atoms with Gasteiger partial charge >= 0.3 is 6.18 Å². The van der Waals surface area contributed by atoms with Crippen LogP contribution in [-0.2, 0) is 12.8 Å². The van der Waals surface area contributed by atoms with Gasteiger partial charge in [0.05, 0.1) is 0 Å². The van der Waals surface area contributed by atoms with Crippen molar-refractivity contribution in [2.45, 2.75) is 23.8 Å². The van der Waals surface area contributed by atoms with E-state index in [9.17, 15) is 13.2 Å². The van der Waals surface area contributed by atoms with Crippen LogP contribution in [-0.4, -0.2) is 6.18 Å². The number of alkyl halides is 4. The summed E-state index contributed by atoms with van der Waals surface area (Å²) < 4.78 is 38.5. The Labute approximate surface area is 111 Å². The maximum Gasteiger partial charge on any atom is 0.405 e. The molecule has 0 fully saturated rings. The Morgan fingerprint density at radius 3 is 2.33 bits per heavy atom. The van der Waals surface area contributed by atoms with E-state index in [1.165, 1.54) is 0 Å². The smallest absolute Gasteiger partial charge is 0.169 e. The van der Waals surface area contributed by atoms with Gasteiger partial charge in [0.25, 0.3) is 0 Å². The van der Waals surface area contributed by atoms with Gasteiger partial charge in [-0.1, -0.05) is 46.3 Å². The van der Waals surface area contributed by atoms with E-state index >= 15 is 0 Å². The summed E-state index contributed by atoms with van der Waals surface area (Å²) in [5.41, 5.74) is 2.63. The molecule has 4 heteroatoms. The van der Waals surface area contributed by atoms with Crippen molar-refractivity contribution < 1.29 is 13.2 Å². The molecule has 1 aliphatic rings. The highest BCUT2D eigenvalue weighted by Gasteiger charge is 2.39. The average Bonchev–Trinajstić information content (AvgIpc) is 2.73. The summed E-state index contributed by atoms with van der Waals surface area (Å²) in [4.78, 5) is -1.60. The summed E-state index contributed by atoms with van der Waals surface area (Å²) in [5, 5.41) is 1.74. The van der Waals surface area contributed by atoms with Crippen LogP contribution >= 0.6 is 15.9 Å². The monoisotopic (exact) mass is 314 g/mol. The number of halogens is 4. The van der Waals surface area contributed by atoms with Crippen LogP contribution in [0, 0.1) is 0 Å². The molecule has 0 spiro atoms. The first-order valence-electron chi connectivity index (χ1n) is 5.72. The van der Waals surface area contributed by atoms with E-state index in [1.54, 1.807) is 12.1 Å². The lowest BCUT2D eigenvalue weighted by atomic mass is 9.98. The fourth-order valence-corrected chi connectivity index (χ4v) is 3.07. The van der Waals surface area contributed by atoms with Gasteiger partial charge in [-0.2, -0.15) is 13.2 Å². The standard InChI is InChI=1S/C14H10BrF3/c15-13(14(16,17)18)11-7-6-9-5-4-8-2-1-3-10(11)12(8)9/h1-3,6-7,13H,4-5H2. The molecular weight excluding hydrogens is 305 g/mol. The third-order valence-corrected chi connectivity index (χ3v) is 4.48. The zero-order chi connectivity index (χ0) is 12.9. The Hall–Kier alpha value is -1.03. The van der Waals surface area contributed by atoms with E-state index in [-0.39, 0.29) is 0 Å².